The van der Waals surface area contributed by atoms with Crippen molar-refractivity contribution in [1.82, 2.24) is 20.4 Å². The maximum Gasteiger partial charge on any atom is 0.407 e. The first-order valence-electron chi connectivity index (χ1n) is 22.8. The molecule has 5 aliphatic heterocycles. The summed E-state index contributed by atoms with van der Waals surface area (Å²) >= 11 is 0. The summed E-state index contributed by atoms with van der Waals surface area (Å²) in [6.07, 6.45) is 3.60. The van der Waals surface area contributed by atoms with Gasteiger partial charge in [-0.15, -0.1) is 0 Å². The summed E-state index contributed by atoms with van der Waals surface area (Å²) in [4.78, 5) is 84.8. The van der Waals surface area contributed by atoms with Crippen molar-refractivity contribution in [2.24, 2.45) is 11.8 Å². The molecule has 0 aliphatic carbocycles. The number of hydrogen-bond acceptors (Lipinski definition) is 11. The van der Waals surface area contributed by atoms with E-state index in [0.29, 0.717) is 89.4 Å². The topological polar surface area (TPSA) is 197 Å². The minimum atomic E-state index is -0.867. The molecular weight excluding hydrogens is 854 g/mol. The highest BCUT2D eigenvalue weighted by molar-refractivity contribution is 5.99. The molecule has 0 radical (unpaired) electrons. The third kappa shape index (κ3) is 10.2. The summed E-state index contributed by atoms with van der Waals surface area (Å²) < 4.78 is 34.8. The first kappa shape index (κ1) is 46.3. The predicted octanol–water partition coefficient (Wildman–Crippen LogP) is 5.29. The van der Waals surface area contributed by atoms with Gasteiger partial charge >= 0.3 is 12.2 Å². The minimum Gasteiger partial charge on any atom is -0.453 e. The van der Waals surface area contributed by atoms with Gasteiger partial charge in [0.2, 0.25) is 23.6 Å². The molecule has 8 atom stereocenters. The third-order valence-electron chi connectivity index (χ3n) is 13.6. The number of nitrogens with one attached hydrogen (secondary N) is 4. The molecule has 8 rings (SSSR count). The molecule has 18 heteroatoms. The average Bonchev–Trinajstić information content (AvgIpc) is 4.20. The summed E-state index contributed by atoms with van der Waals surface area (Å²) in [6, 6.07) is 18.3. The molecule has 3 aromatic rings. The van der Waals surface area contributed by atoms with Gasteiger partial charge in [-0.3, -0.25) is 19.2 Å². The summed E-state index contributed by atoms with van der Waals surface area (Å²) in [5.41, 5.74) is 3.98. The number of ether oxygens (including phenoxy) is 4. The number of methoxy groups -OCH3 is 2. The van der Waals surface area contributed by atoms with Crippen LogP contribution in [0.15, 0.2) is 72.8 Å². The second-order valence-corrected chi connectivity index (χ2v) is 17.6. The minimum absolute atomic E-state index is 0.0921. The standard InChI is InChI=1S/C48H58FN7O10/c1-63-47(61)52-41(31-21-25-65-27-31)45(59)54-23-3-5-39(54)43(57)50-34-13-7-29(8-14-34)37-19-20-38(56(37)36-17-11-33(49)12-18-36)30-9-15-35(16-10-30)51-44(58)40-6-4-24-55(40)46(60)42(53-48(62)64-2)32-22-26-66-28-32/h7-18,31-32,37-42H,3-6,19-28H2,1-2H3,(H,50,57)(H,51,58)(H,52,61)(H,53,62)/t31-,32-,37-,38-,39-,40-,41-,42?/m0/s1. The van der Waals surface area contributed by atoms with E-state index in [1.54, 1.807) is 21.9 Å². The molecule has 0 bridgehead atoms. The lowest BCUT2D eigenvalue weighted by Crippen LogP contribution is -2.55. The van der Waals surface area contributed by atoms with Gasteiger partial charge < -0.3 is 54.9 Å². The Balaban J connectivity index is 0.929. The largest absolute Gasteiger partial charge is 0.453 e. The zero-order valence-electron chi connectivity index (χ0n) is 37.2. The van der Waals surface area contributed by atoms with E-state index in [1.165, 1.54) is 26.4 Å². The summed E-state index contributed by atoms with van der Waals surface area (Å²) in [7, 11) is 2.48. The lowest BCUT2D eigenvalue weighted by Gasteiger charge is -2.33. The molecule has 5 saturated heterocycles. The molecule has 4 N–H and O–H groups in total. The van der Waals surface area contributed by atoms with Crippen molar-refractivity contribution in [2.45, 2.75) is 87.6 Å². The molecule has 3 aromatic carbocycles. The normalized spacial score (nSPS) is 24.7. The zero-order valence-corrected chi connectivity index (χ0v) is 37.2. The Bertz CT molecular complexity index is 2090. The van der Waals surface area contributed by atoms with Gasteiger partial charge in [-0.2, -0.15) is 0 Å². The zero-order chi connectivity index (χ0) is 46.3. The highest BCUT2D eigenvalue weighted by atomic mass is 19.1. The van der Waals surface area contributed by atoms with Gasteiger partial charge in [-0.05, 0) is 111 Å². The van der Waals surface area contributed by atoms with Crippen molar-refractivity contribution in [1.29, 1.82) is 0 Å². The van der Waals surface area contributed by atoms with Gasteiger partial charge in [0.1, 0.15) is 30.0 Å². The number of halogens is 1. The van der Waals surface area contributed by atoms with Crippen molar-refractivity contribution in [3.8, 4) is 0 Å². The second kappa shape index (κ2) is 20.9. The molecule has 1 unspecified atom stereocenters. The van der Waals surface area contributed by atoms with Crippen LogP contribution in [0.4, 0.5) is 31.0 Å². The van der Waals surface area contributed by atoms with E-state index in [0.717, 1.165) is 29.7 Å². The Morgan fingerprint density at radius 1 is 0.591 bits per heavy atom. The van der Waals surface area contributed by atoms with E-state index in [2.05, 4.69) is 26.2 Å². The molecule has 17 nitrogen and oxygen atoms in total. The third-order valence-corrected chi connectivity index (χ3v) is 13.6. The van der Waals surface area contributed by atoms with Crippen LogP contribution in [0, 0.1) is 17.7 Å². The average molecular weight is 912 g/mol. The van der Waals surface area contributed by atoms with Gasteiger partial charge in [-0.1, -0.05) is 24.3 Å². The van der Waals surface area contributed by atoms with E-state index in [4.69, 9.17) is 18.9 Å². The highest BCUT2D eigenvalue weighted by Gasteiger charge is 2.44. The van der Waals surface area contributed by atoms with E-state index in [1.807, 2.05) is 48.5 Å². The highest BCUT2D eigenvalue weighted by Crippen LogP contribution is 2.47. The number of carbonyl (C=O) groups excluding carboxylic acids is 6. The van der Waals surface area contributed by atoms with Crippen LogP contribution in [0.3, 0.4) is 0 Å². The first-order chi connectivity index (χ1) is 32.0. The molecule has 352 valence electrons. The number of carbonyl (C=O) groups is 6. The molecule has 0 saturated carbocycles. The quantitative estimate of drug-likeness (QED) is 0.174. The van der Waals surface area contributed by atoms with Gasteiger partial charge in [0, 0.05) is 55.2 Å². The fourth-order valence-electron chi connectivity index (χ4n) is 10.2. The Kier molecular flexibility index (Phi) is 14.7. The summed E-state index contributed by atoms with van der Waals surface area (Å²) in [6.45, 7) is 2.41. The maximum atomic E-state index is 14.2. The van der Waals surface area contributed by atoms with Crippen LogP contribution in [0.1, 0.15) is 74.6 Å². The number of anilines is 3. The number of rotatable bonds is 13. The first-order valence-corrected chi connectivity index (χ1v) is 22.8. The number of benzene rings is 3. The smallest absolute Gasteiger partial charge is 0.407 e. The van der Waals surface area contributed by atoms with Gasteiger partial charge in [0.05, 0.1) is 39.5 Å². The maximum absolute atomic E-state index is 14.2. The molecule has 5 fully saturated rings. The van der Waals surface area contributed by atoms with Crippen LogP contribution in [0.2, 0.25) is 0 Å². The number of amides is 6. The van der Waals surface area contributed by atoms with Crippen LogP contribution in [0.25, 0.3) is 0 Å². The van der Waals surface area contributed by atoms with Crippen LogP contribution < -0.4 is 26.2 Å². The second-order valence-electron chi connectivity index (χ2n) is 17.6. The van der Waals surface area contributed by atoms with Crippen LogP contribution in [-0.2, 0) is 38.1 Å². The molecule has 6 amide bonds. The van der Waals surface area contributed by atoms with Gasteiger partial charge in [0.25, 0.3) is 0 Å². The molecular formula is C48H58FN7O10. The molecule has 66 heavy (non-hydrogen) atoms. The van der Waals surface area contributed by atoms with Gasteiger partial charge in [0.15, 0.2) is 0 Å². The number of nitrogens with zero attached hydrogens (tertiary/aromatic N) is 3. The molecule has 0 aromatic heterocycles. The number of alkyl carbamates (subject to hydrolysis) is 2. The van der Waals surface area contributed by atoms with Crippen LogP contribution in [0.5, 0.6) is 0 Å². The summed E-state index contributed by atoms with van der Waals surface area (Å²) in [5.74, 6) is -2.09. The SMILES string of the molecule is COC(=O)NC(C(=O)N1CCC[C@H]1C(=O)Nc1ccc([C@@H]2CC[C@@H](c3ccc(NC(=O)[C@@H]4CCCN4C(=O)[C@@H](NC(=O)OC)[C@H]4CCOC4)cc3)N2c2ccc(F)cc2)cc1)[C@H]1CCOC1. The lowest BCUT2D eigenvalue weighted by atomic mass is 9.97. The fourth-order valence-corrected chi connectivity index (χ4v) is 10.2. The Morgan fingerprint density at radius 3 is 1.39 bits per heavy atom. The van der Waals surface area contributed by atoms with Gasteiger partial charge in [-0.25, -0.2) is 14.0 Å². The van der Waals surface area contributed by atoms with E-state index < -0.39 is 36.4 Å². The van der Waals surface area contributed by atoms with Crippen molar-refractivity contribution in [3.63, 3.8) is 0 Å². The fraction of sp³-hybridized carbons (Fsp3) is 0.500. The Labute approximate surface area is 383 Å². The van der Waals surface area contributed by atoms with Crippen molar-refractivity contribution in [2.75, 3.05) is 69.3 Å². The van der Waals surface area contributed by atoms with E-state index in [9.17, 15) is 33.2 Å². The molecule has 0 spiro atoms. The van der Waals surface area contributed by atoms with E-state index >= 15 is 0 Å². The number of hydrogen-bond donors (Lipinski definition) is 4. The van der Waals surface area contributed by atoms with Crippen molar-refractivity contribution in [3.05, 3.63) is 89.7 Å². The summed E-state index contributed by atoms with van der Waals surface area (Å²) in [5, 5.41) is 11.3. The monoisotopic (exact) mass is 911 g/mol. The Hall–Kier alpha value is -6.27. The van der Waals surface area contributed by atoms with E-state index in [-0.39, 0.29) is 53.4 Å². The Morgan fingerprint density at radius 2 is 1.02 bits per heavy atom. The van der Waals surface area contributed by atoms with Crippen LogP contribution in [-0.4, -0.2) is 124 Å². The van der Waals surface area contributed by atoms with Crippen molar-refractivity contribution < 1.29 is 52.1 Å². The molecule has 5 aliphatic rings. The number of likely N-dealkylation sites (tertiary alicyclic amines) is 2. The predicted molar refractivity (Wildman–Crippen MR) is 240 cm³/mol. The molecule has 5 heterocycles. The van der Waals surface area contributed by atoms with Crippen molar-refractivity contribution >= 4 is 52.9 Å². The van der Waals surface area contributed by atoms with Crippen LogP contribution >= 0.6 is 0 Å². The lowest BCUT2D eigenvalue weighted by molar-refractivity contribution is -0.139.